The fraction of sp³-hybridized carbons (Fsp3) is 0.692. The number of hydrogen-bond acceptors (Lipinski definition) is 3. The average Bonchev–Trinajstić information content (AvgIpc) is 2.80. The van der Waals surface area contributed by atoms with Crippen LogP contribution in [0.4, 0.5) is 0 Å². The molecule has 0 saturated heterocycles. The van der Waals surface area contributed by atoms with Crippen LogP contribution in [0, 0.1) is 0 Å². The maximum absolute atomic E-state index is 4.65. The van der Waals surface area contributed by atoms with Crippen LogP contribution in [0.2, 0.25) is 0 Å². The topological polar surface area (TPSA) is 37.8 Å². The predicted octanol–water partition coefficient (Wildman–Crippen LogP) is 2.63. The van der Waals surface area contributed by atoms with Gasteiger partial charge < -0.3 is 5.32 Å². The zero-order valence-electron chi connectivity index (χ0n) is 10.2. The smallest absolute Gasteiger partial charge is 0.142 e. The van der Waals surface area contributed by atoms with E-state index >= 15 is 0 Å². The van der Waals surface area contributed by atoms with Gasteiger partial charge in [0.2, 0.25) is 0 Å². The Hall–Kier alpha value is -0.960. The second kappa shape index (κ2) is 5.39. The second-order valence-electron chi connectivity index (χ2n) is 4.91. The van der Waals surface area contributed by atoms with E-state index in [-0.39, 0.29) is 0 Å². The molecule has 16 heavy (non-hydrogen) atoms. The van der Waals surface area contributed by atoms with Gasteiger partial charge in [0.05, 0.1) is 6.54 Å². The molecular weight excluding hydrogens is 198 g/mol. The zero-order valence-corrected chi connectivity index (χ0v) is 10.2. The van der Waals surface area contributed by atoms with E-state index in [0.29, 0.717) is 12.0 Å². The predicted molar refractivity (Wildman–Crippen MR) is 65.2 cm³/mol. The summed E-state index contributed by atoms with van der Waals surface area (Å²) in [5, 5.41) is 3.35. The van der Waals surface area contributed by atoms with Crippen molar-refractivity contribution in [3.63, 3.8) is 0 Å². The van der Waals surface area contributed by atoms with Gasteiger partial charge in [-0.05, 0) is 18.9 Å². The van der Waals surface area contributed by atoms with E-state index in [0.717, 1.165) is 12.4 Å². The minimum atomic E-state index is 0.485. The first kappa shape index (κ1) is 11.5. The molecule has 0 unspecified atom stereocenters. The van der Waals surface area contributed by atoms with Crippen LogP contribution in [0.1, 0.15) is 57.0 Å². The van der Waals surface area contributed by atoms with Crippen LogP contribution in [0.25, 0.3) is 0 Å². The highest BCUT2D eigenvalue weighted by Gasteiger charge is 2.18. The molecule has 0 atom stereocenters. The Morgan fingerprint density at radius 2 is 2.12 bits per heavy atom. The van der Waals surface area contributed by atoms with Gasteiger partial charge >= 0.3 is 0 Å². The average molecular weight is 219 g/mol. The van der Waals surface area contributed by atoms with E-state index in [1.54, 1.807) is 0 Å². The molecule has 0 bridgehead atoms. The molecule has 1 aliphatic carbocycles. The summed E-state index contributed by atoms with van der Waals surface area (Å²) in [5.41, 5.74) is 1.24. The summed E-state index contributed by atoms with van der Waals surface area (Å²) < 4.78 is 0. The fourth-order valence-corrected chi connectivity index (χ4v) is 2.24. The van der Waals surface area contributed by atoms with Crippen molar-refractivity contribution < 1.29 is 0 Å². The highest BCUT2D eigenvalue weighted by molar-refractivity contribution is 5.09. The van der Waals surface area contributed by atoms with Crippen LogP contribution in [-0.4, -0.2) is 16.0 Å². The first-order valence-corrected chi connectivity index (χ1v) is 6.31. The highest BCUT2D eigenvalue weighted by atomic mass is 15.0. The van der Waals surface area contributed by atoms with Crippen molar-refractivity contribution in [3.05, 3.63) is 23.8 Å². The van der Waals surface area contributed by atoms with Crippen molar-refractivity contribution in [1.82, 2.24) is 15.3 Å². The van der Waals surface area contributed by atoms with Crippen molar-refractivity contribution in [2.45, 2.75) is 58.0 Å². The second-order valence-corrected chi connectivity index (χ2v) is 4.91. The molecule has 1 N–H and O–H groups in total. The van der Waals surface area contributed by atoms with Crippen molar-refractivity contribution in [1.29, 1.82) is 0 Å². The number of aromatic nitrogens is 2. The molecule has 1 aliphatic rings. The van der Waals surface area contributed by atoms with Gasteiger partial charge in [-0.2, -0.15) is 0 Å². The van der Waals surface area contributed by atoms with Crippen LogP contribution in [-0.2, 0) is 6.54 Å². The van der Waals surface area contributed by atoms with E-state index in [1.807, 2.05) is 6.20 Å². The Labute approximate surface area is 97.7 Å². The van der Waals surface area contributed by atoms with E-state index in [2.05, 4.69) is 35.2 Å². The van der Waals surface area contributed by atoms with Gasteiger partial charge in [-0.3, -0.25) is 0 Å². The molecule has 88 valence electrons. The monoisotopic (exact) mass is 219 g/mol. The lowest BCUT2D eigenvalue weighted by Gasteiger charge is -2.11. The summed E-state index contributed by atoms with van der Waals surface area (Å²) in [7, 11) is 0. The Kier molecular flexibility index (Phi) is 3.88. The molecule has 1 aromatic rings. The van der Waals surface area contributed by atoms with Crippen molar-refractivity contribution in [2.24, 2.45) is 0 Å². The molecule has 1 aromatic heterocycles. The normalized spacial score (nSPS) is 17.2. The summed E-state index contributed by atoms with van der Waals surface area (Å²) >= 11 is 0. The molecule has 0 aliphatic heterocycles. The minimum Gasteiger partial charge on any atom is -0.308 e. The van der Waals surface area contributed by atoms with Crippen LogP contribution >= 0.6 is 0 Å². The molecule has 0 amide bonds. The third-order valence-corrected chi connectivity index (χ3v) is 3.17. The third-order valence-electron chi connectivity index (χ3n) is 3.17. The van der Waals surface area contributed by atoms with E-state index < -0.39 is 0 Å². The van der Waals surface area contributed by atoms with Gasteiger partial charge in [-0.25, -0.2) is 9.97 Å². The number of nitrogens with zero attached hydrogens (tertiary/aromatic N) is 2. The van der Waals surface area contributed by atoms with Crippen LogP contribution in [0.3, 0.4) is 0 Å². The van der Waals surface area contributed by atoms with E-state index in [9.17, 15) is 0 Å². The molecule has 3 nitrogen and oxygen atoms in total. The van der Waals surface area contributed by atoms with Gasteiger partial charge in [-0.15, -0.1) is 0 Å². The van der Waals surface area contributed by atoms with E-state index in [4.69, 9.17) is 0 Å². The van der Waals surface area contributed by atoms with Gasteiger partial charge in [0, 0.05) is 23.9 Å². The molecule has 1 saturated carbocycles. The standard InChI is InChI=1S/C13H21N3/c1-10(2)15-9-13-14-8-7-12(16-13)11-5-3-4-6-11/h7-8,10-11,15H,3-6,9H2,1-2H3. The first-order valence-electron chi connectivity index (χ1n) is 6.31. The van der Waals surface area contributed by atoms with Crippen molar-refractivity contribution >= 4 is 0 Å². The molecule has 0 radical (unpaired) electrons. The summed E-state index contributed by atoms with van der Waals surface area (Å²) in [6.07, 6.45) is 7.21. The quantitative estimate of drug-likeness (QED) is 0.846. The molecule has 1 heterocycles. The summed E-state index contributed by atoms with van der Waals surface area (Å²) in [6, 6.07) is 2.56. The maximum Gasteiger partial charge on any atom is 0.142 e. The molecule has 0 aromatic carbocycles. The summed E-state index contributed by atoms with van der Waals surface area (Å²) in [4.78, 5) is 8.96. The van der Waals surface area contributed by atoms with Crippen molar-refractivity contribution in [3.8, 4) is 0 Å². The molecule has 3 heteroatoms. The fourth-order valence-electron chi connectivity index (χ4n) is 2.24. The zero-order chi connectivity index (χ0) is 11.4. The summed E-state index contributed by atoms with van der Waals surface area (Å²) in [5.74, 6) is 1.61. The number of nitrogens with one attached hydrogen (secondary N) is 1. The van der Waals surface area contributed by atoms with Crippen LogP contribution < -0.4 is 5.32 Å². The van der Waals surface area contributed by atoms with Crippen LogP contribution in [0.15, 0.2) is 12.3 Å². The van der Waals surface area contributed by atoms with Crippen molar-refractivity contribution in [2.75, 3.05) is 0 Å². The van der Waals surface area contributed by atoms with Gasteiger partial charge in [0.1, 0.15) is 5.82 Å². The largest absolute Gasteiger partial charge is 0.308 e. The Bertz CT molecular complexity index is 330. The first-order chi connectivity index (χ1) is 7.75. The Morgan fingerprint density at radius 3 is 2.81 bits per heavy atom. The Morgan fingerprint density at radius 1 is 1.38 bits per heavy atom. The van der Waals surface area contributed by atoms with Crippen LogP contribution in [0.5, 0.6) is 0 Å². The lowest BCUT2D eigenvalue weighted by atomic mass is 10.0. The highest BCUT2D eigenvalue weighted by Crippen LogP contribution is 2.32. The minimum absolute atomic E-state index is 0.485. The lowest BCUT2D eigenvalue weighted by molar-refractivity contribution is 0.566. The van der Waals surface area contributed by atoms with Gasteiger partial charge in [0.15, 0.2) is 0 Å². The third kappa shape index (κ3) is 3.01. The number of rotatable bonds is 4. The molecule has 1 fully saturated rings. The SMILES string of the molecule is CC(C)NCc1nccc(C2CCCC2)n1. The van der Waals surface area contributed by atoms with Gasteiger partial charge in [0.25, 0.3) is 0 Å². The van der Waals surface area contributed by atoms with Gasteiger partial charge in [-0.1, -0.05) is 26.7 Å². The lowest BCUT2D eigenvalue weighted by Crippen LogP contribution is -2.23. The Balaban J connectivity index is 2.01. The molecule has 2 rings (SSSR count). The maximum atomic E-state index is 4.65. The summed E-state index contributed by atoms with van der Waals surface area (Å²) in [6.45, 7) is 5.06. The molecule has 0 spiro atoms. The number of hydrogen-bond donors (Lipinski definition) is 1. The van der Waals surface area contributed by atoms with E-state index in [1.165, 1.54) is 31.4 Å². The molecular formula is C13H21N3.